The fraction of sp³-hybridized carbons (Fsp3) is 0.947. The van der Waals surface area contributed by atoms with Crippen LogP contribution >= 0.6 is 0 Å². The van der Waals surface area contributed by atoms with E-state index in [-0.39, 0.29) is 23.7 Å². The Balaban J connectivity index is 1.62. The number of fused-ring (bicyclic) bond motifs is 2. The van der Waals surface area contributed by atoms with Gasteiger partial charge in [-0.2, -0.15) is 0 Å². The first-order valence-electron chi connectivity index (χ1n) is 9.71. The van der Waals surface area contributed by atoms with Crippen LogP contribution in [0.5, 0.6) is 0 Å². The van der Waals surface area contributed by atoms with Gasteiger partial charge in [0.2, 0.25) is 5.91 Å². The van der Waals surface area contributed by atoms with Gasteiger partial charge in [0.05, 0.1) is 25.4 Å². The van der Waals surface area contributed by atoms with Crippen LogP contribution in [0.3, 0.4) is 0 Å². The zero-order valence-corrected chi connectivity index (χ0v) is 15.4. The molecule has 1 heterocycles. The molecule has 5 heteroatoms. The minimum Gasteiger partial charge on any atom is -0.394 e. The predicted molar refractivity (Wildman–Crippen MR) is 93.7 cm³/mol. The van der Waals surface area contributed by atoms with Gasteiger partial charge in [-0.05, 0) is 63.7 Å². The average molecular weight is 338 g/mol. The number of carbonyl (C=O) groups is 1. The Kier molecular flexibility index (Phi) is 5.52. The van der Waals surface area contributed by atoms with E-state index in [4.69, 9.17) is 4.74 Å². The van der Waals surface area contributed by atoms with Crippen molar-refractivity contribution in [2.75, 3.05) is 32.8 Å². The van der Waals surface area contributed by atoms with Crippen molar-refractivity contribution in [3.63, 3.8) is 0 Å². The van der Waals surface area contributed by atoms with E-state index in [9.17, 15) is 9.90 Å². The van der Waals surface area contributed by atoms with Gasteiger partial charge in [-0.3, -0.25) is 4.79 Å². The van der Waals surface area contributed by atoms with Crippen molar-refractivity contribution in [2.24, 2.45) is 11.8 Å². The number of likely N-dealkylation sites (tertiary alicyclic amines) is 1. The number of nitrogens with zero attached hydrogens (tertiary/aromatic N) is 1. The molecule has 3 rings (SSSR count). The summed E-state index contributed by atoms with van der Waals surface area (Å²) < 4.78 is 6.18. The first-order valence-corrected chi connectivity index (χ1v) is 9.71. The molecule has 1 saturated heterocycles. The third-order valence-electron chi connectivity index (χ3n) is 6.19. The van der Waals surface area contributed by atoms with Crippen LogP contribution in [0, 0.1) is 11.8 Å². The van der Waals surface area contributed by atoms with Crippen molar-refractivity contribution in [3.05, 3.63) is 0 Å². The van der Waals surface area contributed by atoms with Gasteiger partial charge in [-0.15, -0.1) is 0 Å². The Morgan fingerprint density at radius 1 is 1.29 bits per heavy atom. The van der Waals surface area contributed by atoms with E-state index >= 15 is 0 Å². The quantitative estimate of drug-likeness (QED) is 0.777. The molecule has 0 aromatic rings. The molecule has 0 aromatic carbocycles. The zero-order valence-electron chi connectivity index (χ0n) is 15.4. The molecule has 2 N–H and O–H groups in total. The Labute approximate surface area is 146 Å². The van der Waals surface area contributed by atoms with Crippen molar-refractivity contribution in [3.8, 4) is 0 Å². The smallest absolute Gasteiger partial charge is 0.236 e. The normalized spacial score (nSPS) is 39.2. The van der Waals surface area contributed by atoms with Gasteiger partial charge < -0.3 is 20.1 Å². The predicted octanol–water partition coefficient (Wildman–Crippen LogP) is 1.93. The number of amides is 1. The third kappa shape index (κ3) is 4.12. The molecule has 138 valence electrons. The standard InChI is InChI=1S/C19H34N2O3/c1-15-9-16-11-18(2,14-19(10-15,12-16)24-8-7-22)20-13-17(23)21-5-3-4-6-21/h15-16,20,22H,3-14H2,1-2H3/t15?,16?,18?,19-/m1/s1. The highest BCUT2D eigenvalue weighted by atomic mass is 16.5. The molecule has 3 fully saturated rings. The summed E-state index contributed by atoms with van der Waals surface area (Å²) >= 11 is 0. The van der Waals surface area contributed by atoms with Crippen LogP contribution in [-0.2, 0) is 9.53 Å². The molecule has 3 unspecified atom stereocenters. The highest BCUT2D eigenvalue weighted by Crippen LogP contribution is 2.50. The summed E-state index contributed by atoms with van der Waals surface area (Å²) in [5.74, 6) is 1.57. The molecule has 0 spiro atoms. The Morgan fingerprint density at radius 2 is 2.04 bits per heavy atom. The summed E-state index contributed by atoms with van der Waals surface area (Å²) in [5, 5.41) is 12.8. The topological polar surface area (TPSA) is 61.8 Å². The number of hydrogen-bond donors (Lipinski definition) is 2. The number of rotatable bonds is 6. The maximum atomic E-state index is 12.4. The van der Waals surface area contributed by atoms with Crippen molar-refractivity contribution in [2.45, 2.75) is 69.9 Å². The molecule has 0 radical (unpaired) electrons. The molecular weight excluding hydrogens is 304 g/mol. The third-order valence-corrected chi connectivity index (χ3v) is 6.19. The molecule has 2 aliphatic carbocycles. The van der Waals surface area contributed by atoms with E-state index in [1.54, 1.807) is 0 Å². The lowest BCUT2D eigenvalue weighted by molar-refractivity contribution is -0.146. The number of aliphatic hydroxyl groups excluding tert-OH is 1. The van der Waals surface area contributed by atoms with E-state index in [2.05, 4.69) is 19.2 Å². The lowest BCUT2D eigenvalue weighted by atomic mass is 9.60. The largest absolute Gasteiger partial charge is 0.394 e. The van der Waals surface area contributed by atoms with Crippen LogP contribution in [-0.4, -0.2) is 59.9 Å². The van der Waals surface area contributed by atoms with Gasteiger partial charge in [-0.25, -0.2) is 0 Å². The second-order valence-electron chi connectivity index (χ2n) is 8.75. The SMILES string of the molecule is CC1CC2CC(C)(NCC(=O)N3CCCC3)C[C@@](OCCO)(C1)C2. The minimum atomic E-state index is -0.123. The molecular formula is C19H34N2O3. The zero-order chi connectivity index (χ0) is 17.2. The highest BCUT2D eigenvalue weighted by molar-refractivity contribution is 5.78. The van der Waals surface area contributed by atoms with E-state index in [0.29, 0.717) is 25.0 Å². The molecule has 3 aliphatic rings. The van der Waals surface area contributed by atoms with Crippen molar-refractivity contribution >= 4 is 5.91 Å². The van der Waals surface area contributed by atoms with E-state index in [0.717, 1.165) is 51.6 Å². The molecule has 1 aliphatic heterocycles. The van der Waals surface area contributed by atoms with Gasteiger partial charge in [0.1, 0.15) is 0 Å². The van der Waals surface area contributed by atoms with Gasteiger partial charge in [0.15, 0.2) is 0 Å². The summed E-state index contributed by atoms with van der Waals surface area (Å²) in [7, 11) is 0. The fourth-order valence-corrected chi connectivity index (χ4v) is 5.63. The van der Waals surface area contributed by atoms with Crippen molar-refractivity contribution in [1.82, 2.24) is 10.2 Å². The number of carbonyl (C=O) groups excluding carboxylic acids is 1. The minimum absolute atomic E-state index is 0.0477. The second kappa shape index (κ2) is 7.30. The molecule has 2 saturated carbocycles. The molecule has 1 amide bonds. The first-order chi connectivity index (χ1) is 11.4. The van der Waals surface area contributed by atoms with Crippen molar-refractivity contribution in [1.29, 1.82) is 0 Å². The molecule has 4 atom stereocenters. The van der Waals surface area contributed by atoms with E-state index < -0.39 is 0 Å². The number of aliphatic hydroxyl groups is 1. The van der Waals surface area contributed by atoms with Gasteiger partial charge in [0.25, 0.3) is 0 Å². The van der Waals surface area contributed by atoms with Gasteiger partial charge >= 0.3 is 0 Å². The summed E-state index contributed by atoms with van der Waals surface area (Å²) in [5.41, 5.74) is -0.171. The summed E-state index contributed by atoms with van der Waals surface area (Å²) in [6.45, 7) is 7.34. The van der Waals surface area contributed by atoms with E-state index in [1.807, 2.05) is 4.90 Å². The summed E-state index contributed by atoms with van der Waals surface area (Å²) in [4.78, 5) is 14.4. The fourth-order valence-electron chi connectivity index (χ4n) is 5.63. The van der Waals surface area contributed by atoms with Gasteiger partial charge in [0, 0.05) is 18.6 Å². The lowest BCUT2D eigenvalue weighted by Gasteiger charge is -2.54. The van der Waals surface area contributed by atoms with Crippen LogP contribution < -0.4 is 5.32 Å². The Hall–Kier alpha value is -0.650. The Bertz CT molecular complexity index is 448. The van der Waals surface area contributed by atoms with Crippen molar-refractivity contribution < 1.29 is 14.6 Å². The first kappa shape index (κ1) is 18.2. The maximum absolute atomic E-state index is 12.4. The van der Waals surface area contributed by atoms with Crippen LogP contribution in [0.4, 0.5) is 0 Å². The Morgan fingerprint density at radius 3 is 2.75 bits per heavy atom. The van der Waals surface area contributed by atoms with Crippen LogP contribution in [0.1, 0.15) is 58.8 Å². The van der Waals surface area contributed by atoms with Gasteiger partial charge in [-0.1, -0.05) is 6.92 Å². The molecule has 24 heavy (non-hydrogen) atoms. The molecule has 0 aromatic heterocycles. The molecule has 5 nitrogen and oxygen atoms in total. The highest BCUT2D eigenvalue weighted by Gasteiger charge is 2.50. The number of ether oxygens (including phenoxy) is 1. The van der Waals surface area contributed by atoms with Crippen LogP contribution in [0.25, 0.3) is 0 Å². The lowest BCUT2D eigenvalue weighted by Crippen LogP contribution is -2.59. The van der Waals surface area contributed by atoms with Crippen LogP contribution in [0.2, 0.25) is 0 Å². The molecule has 2 bridgehead atoms. The number of nitrogens with one attached hydrogen (secondary N) is 1. The maximum Gasteiger partial charge on any atom is 0.236 e. The van der Waals surface area contributed by atoms with E-state index in [1.165, 1.54) is 6.42 Å². The monoisotopic (exact) mass is 338 g/mol. The summed E-state index contributed by atoms with van der Waals surface area (Å²) in [6.07, 6.45) is 7.77. The van der Waals surface area contributed by atoms with Crippen LogP contribution in [0.15, 0.2) is 0 Å². The second-order valence-corrected chi connectivity index (χ2v) is 8.75. The average Bonchev–Trinajstić information content (AvgIpc) is 3.04. The summed E-state index contributed by atoms with van der Waals surface area (Å²) in [6, 6.07) is 0. The number of hydrogen-bond acceptors (Lipinski definition) is 4.